The lowest BCUT2D eigenvalue weighted by Gasteiger charge is -2.18. The lowest BCUT2D eigenvalue weighted by Crippen LogP contribution is -2.16. The first-order chi connectivity index (χ1) is 15.9. The number of nitrogens with one attached hydrogen (secondary N) is 1. The summed E-state index contributed by atoms with van der Waals surface area (Å²) < 4.78 is 44.2. The van der Waals surface area contributed by atoms with E-state index in [0.717, 1.165) is 5.56 Å². The van der Waals surface area contributed by atoms with Crippen molar-refractivity contribution in [3.63, 3.8) is 0 Å². The number of nitrogens with zero attached hydrogens (tertiary/aromatic N) is 1. The van der Waals surface area contributed by atoms with E-state index in [9.17, 15) is 8.42 Å². The van der Waals surface area contributed by atoms with Crippen LogP contribution in [-0.2, 0) is 9.84 Å². The number of aromatic nitrogens is 1. The van der Waals surface area contributed by atoms with Crippen LogP contribution in [0.1, 0.15) is 5.56 Å². The standard InChI is InChI=1S/C24H19ClN2O5S/c1-15-3-2-4-18(13-15)26-23-24(27-22(32-23)16-5-7-17(25)8-6-16)33(28,29)19-9-10-20-21(14-19)31-12-11-30-20/h2-10,13-14,26H,11-12H2,1H3. The zero-order valence-electron chi connectivity index (χ0n) is 17.5. The van der Waals surface area contributed by atoms with Crippen molar-refractivity contribution in [2.75, 3.05) is 18.5 Å². The molecule has 168 valence electrons. The van der Waals surface area contributed by atoms with Crippen LogP contribution in [0.25, 0.3) is 11.5 Å². The Bertz CT molecular complexity index is 1430. The largest absolute Gasteiger partial charge is 0.486 e. The van der Waals surface area contributed by atoms with Gasteiger partial charge >= 0.3 is 0 Å². The summed E-state index contributed by atoms with van der Waals surface area (Å²) in [5.74, 6) is 1.04. The van der Waals surface area contributed by atoms with Crippen LogP contribution in [0.5, 0.6) is 11.5 Å². The van der Waals surface area contributed by atoms with Gasteiger partial charge in [-0.2, -0.15) is 4.98 Å². The Morgan fingerprint density at radius 2 is 1.70 bits per heavy atom. The summed E-state index contributed by atoms with van der Waals surface area (Å²) in [6.07, 6.45) is 0. The molecule has 0 spiro atoms. The van der Waals surface area contributed by atoms with Crippen LogP contribution >= 0.6 is 11.6 Å². The molecule has 0 saturated carbocycles. The van der Waals surface area contributed by atoms with E-state index in [2.05, 4.69) is 10.3 Å². The van der Waals surface area contributed by atoms with Gasteiger partial charge in [0.05, 0.1) is 4.90 Å². The number of halogens is 1. The minimum Gasteiger partial charge on any atom is -0.486 e. The first-order valence-electron chi connectivity index (χ1n) is 10.2. The van der Waals surface area contributed by atoms with Crippen LogP contribution in [0.15, 0.2) is 81.1 Å². The van der Waals surface area contributed by atoms with Gasteiger partial charge in [-0.15, -0.1) is 0 Å². The van der Waals surface area contributed by atoms with Crippen molar-refractivity contribution >= 4 is 33.0 Å². The fourth-order valence-corrected chi connectivity index (χ4v) is 4.84. The van der Waals surface area contributed by atoms with Gasteiger partial charge in [-0.1, -0.05) is 23.7 Å². The van der Waals surface area contributed by atoms with Crippen LogP contribution in [0, 0.1) is 6.92 Å². The molecule has 3 aromatic carbocycles. The number of aryl methyl sites for hydroxylation is 1. The molecule has 4 aromatic rings. The Morgan fingerprint density at radius 1 is 0.939 bits per heavy atom. The maximum Gasteiger partial charge on any atom is 0.238 e. The fraction of sp³-hybridized carbons (Fsp3) is 0.125. The van der Waals surface area contributed by atoms with Crippen molar-refractivity contribution < 1.29 is 22.3 Å². The molecule has 2 heterocycles. The molecule has 0 saturated heterocycles. The number of ether oxygens (including phenoxy) is 2. The van der Waals surface area contributed by atoms with Crippen LogP contribution in [-0.4, -0.2) is 26.6 Å². The highest BCUT2D eigenvalue weighted by molar-refractivity contribution is 7.91. The predicted molar refractivity (Wildman–Crippen MR) is 124 cm³/mol. The highest BCUT2D eigenvalue weighted by Gasteiger charge is 2.30. The maximum atomic E-state index is 13.6. The Morgan fingerprint density at radius 3 is 2.45 bits per heavy atom. The van der Waals surface area contributed by atoms with Crippen molar-refractivity contribution in [2.24, 2.45) is 0 Å². The molecule has 1 aliphatic heterocycles. The van der Waals surface area contributed by atoms with Gasteiger partial charge in [-0.3, -0.25) is 0 Å². The number of fused-ring (bicyclic) bond motifs is 1. The second-order valence-electron chi connectivity index (χ2n) is 7.46. The Kier molecular flexibility index (Phi) is 5.47. The third-order valence-electron chi connectivity index (χ3n) is 5.04. The maximum absolute atomic E-state index is 13.6. The monoisotopic (exact) mass is 482 g/mol. The second-order valence-corrected chi connectivity index (χ2v) is 9.76. The Balaban J connectivity index is 1.61. The number of anilines is 2. The molecule has 0 bridgehead atoms. The second kappa shape index (κ2) is 8.46. The normalized spacial score (nSPS) is 13.0. The van der Waals surface area contributed by atoms with E-state index < -0.39 is 9.84 Å². The van der Waals surface area contributed by atoms with Crippen molar-refractivity contribution in [3.05, 3.63) is 77.3 Å². The minimum absolute atomic E-state index is 0.0143. The average molecular weight is 483 g/mol. The van der Waals surface area contributed by atoms with E-state index in [1.54, 1.807) is 30.3 Å². The molecule has 0 unspecified atom stereocenters. The molecule has 0 atom stereocenters. The van der Waals surface area contributed by atoms with Crippen molar-refractivity contribution in [1.82, 2.24) is 4.98 Å². The molecule has 7 nitrogen and oxygen atoms in total. The van der Waals surface area contributed by atoms with Gasteiger partial charge in [0.1, 0.15) is 13.2 Å². The van der Waals surface area contributed by atoms with Crippen molar-refractivity contribution in [3.8, 4) is 23.0 Å². The number of benzene rings is 3. The number of oxazole rings is 1. The topological polar surface area (TPSA) is 90.7 Å². The Labute approximate surface area is 195 Å². The van der Waals surface area contributed by atoms with Crippen LogP contribution in [0.4, 0.5) is 11.6 Å². The first-order valence-corrected chi connectivity index (χ1v) is 12.0. The summed E-state index contributed by atoms with van der Waals surface area (Å²) in [4.78, 5) is 4.38. The Hall–Kier alpha value is -3.49. The first kappa shape index (κ1) is 21.4. The van der Waals surface area contributed by atoms with Crippen molar-refractivity contribution in [2.45, 2.75) is 16.8 Å². The van der Waals surface area contributed by atoms with Crippen LogP contribution in [0.3, 0.4) is 0 Å². The third-order valence-corrected chi connectivity index (χ3v) is 6.95. The van der Waals surface area contributed by atoms with Crippen molar-refractivity contribution in [1.29, 1.82) is 0 Å². The summed E-state index contributed by atoms with van der Waals surface area (Å²) >= 11 is 5.99. The quantitative estimate of drug-likeness (QED) is 0.393. The van der Waals surface area contributed by atoms with E-state index in [-0.39, 0.29) is 21.7 Å². The smallest absolute Gasteiger partial charge is 0.238 e. The lowest BCUT2D eigenvalue weighted by molar-refractivity contribution is 0.171. The predicted octanol–water partition coefficient (Wildman–Crippen LogP) is 5.65. The molecular formula is C24H19ClN2O5S. The average Bonchev–Trinajstić information content (AvgIpc) is 3.24. The number of sulfone groups is 1. The summed E-state index contributed by atoms with van der Waals surface area (Å²) in [5.41, 5.74) is 2.27. The molecular weight excluding hydrogens is 464 g/mol. The molecule has 0 fully saturated rings. The fourth-order valence-electron chi connectivity index (χ4n) is 3.44. The number of rotatable bonds is 5. The summed E-state index contributed by atoms with van der Waals surface area (Å²) in [5, 5.41) is 3.38. The summed E-state index contributed by atoms with van der Waals surface area (Å²) in [7, 11) is -4.06. The summed E-state index contributed by atoms with van der Waals surface area (Å²) in [6.45, 7) is 2.70. The molecule has 0 radical (unpaired) electrons. The molecule has 0 aliphatic carbocycles. The third kappa shape index (κ3) is 4.27. The van der Waals surface area contributed by atoms with Gasteiger partial charge in [0, 0.05) is 22.3 Å². The van der Waals surface area contributed by atoms with Gasteiger partial charge in [0.25, 0.3) is 0 Å². The van der Waals surface area contributed by atoms with E-state index in [4.69, 9.17) is 25.5 Å². The molecule has 33 heavy (non-hydrogen) atoms. The van der Waals surface area contributed by atoms with E-state index >= 15 is 0 Å². The molecule has 5 rings (SSSR count). The number of hydrogen-bond acceptors (Lipinski definition) is 7. The zero-order valence-corrected chi connectivity index (χ0v) is 19.1. The van der Waals surface area contributed by atoms with Gasteiger partial charge < -0.3 is 19.2 Å². The SMILES string of the molecule is Cc1cccc(Nc2oc(-c3ccc(Cl)cc3)nc2S(=O)(=O)c2ccc3c(c2)OCCO3)c1. The van der Waals surface area contributed by atoms with Gasteiger partial charge in [-0.05, 0) is 61.0 Å². The van der Waals surface area contributed by atoms with E-state index in [0.29, 0.717) is 41.0 Å². The highest BCUT2D eigenvalue weighted by Crippen LogP contribution is 2.38. The zero-order chi connectivity index (χ0) is 23.0. The summed E-state index contributed by atoms with van der Waals surface area (Å²) in [6, 6.07) is 18.8. The highest BCUT2D eigenvalue weighted by atomic mass is 35.5. The molecule has 1 N–H and O–H groups in total. The van der Waals surface area contributed by atoms with Crippen LogP contribution in [0.2, 0.25) is 5.02 Å². The van der Waals surface area contributed by atoms with E-state index in [1.807, 2.05) is 31.2 Å². The molecule has 9 heteroatoms. The number of hydrogen-bond donors (Lipinski definition) is 1. The van der Waals surface area contributed by atoms with Gasteiger partial charge in [0.15, 0.2) is 11.5 Å². The van der Waals surface area contributed by atoms with Crippen LogP contribution < -0.4 is 14.8 Å². The van der Waals surface area contributed by atoms with Gasteiger partial charge in [-0.25, -0.2) is 8.42 Å². The molecule has 1 aliphatic rings. The lowest BCUT2D eigenvalue weighted by atomic mass is 10.2. The minimum atomic E-state index is -4.06. The van der Waals surface area contributed by atoms with E-state index in [1.165, 1.54) is 12.1 Å². The van der Waals surface area contributed by atoms with Gasteiger partial charge in [0.2, 0.25) is 26.6 Å². The molecule has 1 aromatic heterocycles. The molecule has 0 amide bonds.